The summed E-state index contributed by atoms with van der Waals surface area (Å²) in [5.74, 6) is 0.965. The van der Waals surface area contributed by atoms with Crippen LogP contribution in [0.2, 0.25) is 0 Å². The monoisotopic (exact) mass is 331 g/mol. The molecule has 1 aromatic carbocycles. The van der Waals surface area contributed by atoms with Gasteiger partial charge in [-0.25, -0.2) is 4.98 Å². The maximum absolute atomic E-state index is 12.0. The second-order valence-electron chi connectivity index (χ2n) is 5.41. The summed E-state index contributed by atoms with van der Waals surface area (Å²) in [7, 11) is 0. The Bertz CT molecular complexity index is 875. The van der Waals surface area contributed by atoms with Crippen LogP contribution in [0.3, 0.4) is 0 Å². The number of nitrogens with zero attached hydrogens (tertiary/aromatic N) is 2. The summed E-state index contributed by atoms with van der Waals surface area (Å²) in [6.07, 6.45) is 8.36. The van der Waals surface area contributed by atoms with Crippen molar-refractivity contribution in [1.29, 1.82) is 0 Å². The van der Waals surface area contributed by atoms with Crippen LogP contribution in [0.25, 0.3) is 6.08 Å². The summed E-state index contributed by atoms with van der Waals surface area (Å²) in [5, 5.41) is 2.80. The number of benzene rings is 1. The number of amides is 1. The van der Waals surface area contributed by atoms with Crippen LogP contribution in [0.4, 0.5) is 5.69 Å². The minimum atomic E-state index is -0.208. The van der Waals surface area contributed by atoms with Gasteiger partial charge in [0, 0.05) is 36.4 Å². The van der Waals surface area contributed by atoms with Gasteiger partial charge >= 0.3 is 0 Å². The Labute approximate surface area is 146 Å². The summed E-state index contributed by atoms with van der Waals surface area (Å²) in [6.45, 7) is 1.96. The highest BCUT2D eigenvalue weighted by molar-refractivity contribution is 6.01. The average Bonchev–Trinajstić information content (AvgIpc) is 2.63. The third-order valence-corrected chi connectivity index (χ3v) is 3.31. The number of rotatable bonds is 5. The molecule has 0 fully saturated rings. The zero-order valence-corrected chi connectivity index (χ0v) is 13.7. The van der Waals surface area contributed by atoms with Crippen molar-refractivity contribution in [3.8, 4) is 11.6 Å². The molecule has 5 heteroatoms. The van der Waals surface area contributed by atoms with Crippen LogP contribution in [0.5, 0.6) is 11.6 Å². The molecule has 5 nitrogen and oxygen atoms in total. The van der Waals surface area contributed by atoms with E-state index in [2.05, 4.69) is 15.3 Å². The number of aromatic nitrogens is 2. The van der Waals surface area contributed by atoms with E-state index >= 15 is 0 Å². The fourth-order valence-corrected chi connectivity index (χ4v) is 2.16. The first-order valence-corrected chi connectivity index (χ1v) is 7.79. The smallest absolute Gasteiger partial charge is 0.248 e. The van der Waals surface area contributed by atoms with Crippen molar-refractivity contribution in [3.63, 3.8) is 0 Å². The summed E-state index contributed by atoms with van der Waals surface area (Å²) in [6, 6.07) is 14.5. The van der Waals surface area contributed by atoms with Gasteiger partial charge in [0.15, 0.2) is 0 Å². The van der Waals surface area contributed by atoms with E-state index in [0.29, 0.717) is 17.3 Å². The molecule has 3 rings (SSSR count). The second-order valence-corrected chi connectivity index (χ2v) is 5.41. The molecule has 25 heavy (non-hydrogen) atoms. The minimum absolute atomic E-state index is 0.208. The predicted octanol–water partition coefficient (Wildman–Crippen LogP) is 4.23. The van der Waals surface area contributed by atoms with Crippen LogP contribution >= 0.6 is 0 Å². The van der Waals surface area contributed by atoms with Crippen LogP contribution in [0.15, 0.2) is 73.2 Å². The number of hydrogen-bond acceptors (Lipinski definition) is 4. The minimum Gasteiger partial charge on any atom is -0.439 e. The van der Waals surface area contributed by atoms with Crippen molar-refractivity contribution in [3.05, 3.63) is 84.3 Å². The molecule has 0 spiro atoms. The van der Waals surface area contributed by atoms with E-state index in [-0.39, 0.29) is 5.91 Å². The molecular formula is C20H17N3O2. The highest BCUT2D eigenvalue weighted by Crippen LogP contribution is 2.21. The lowest BCUT2D eigenvalue weighted by Crippen LogP contribution is -2.07. The Morgan fingerprint density at radius 3 is 2.68 bits per heavy atom. The van der Waals surface area contributed by atoms with Gasteiger partial charge in [0.1, 0.15) is 5.75 Å². The van der Waals surface area contributed by atoms with Gasteiger partial charge in [-0.1, -0.05) is 6.07 Å². The van der Waals surface area contributed by atoms with E-state index in [0.717, 1.165) is 11.1 Å². The van der Waals surface area contributed by atoms with Gasteiger partial charge in [-0.15, -0.1) is 0 Å². The molecule has 0 bridgehead atoms. The number of ether oxygens (including phenoxy) is 1. The first-order valence-electron chi connectivity index (χ1n) is 7.79. The van der Waals surface area contributed by atoms with E-state index in [1.54, 1.807) is 55.0 Å². The SMILES string of the molecule is Cc1cncc(/C=C/C(=O)Nc2ccc(Oc3ccccn3)cc2)c1. The van der Waals surface area contributed by atoms with Crippen molar-refractivity contribution in [2.75, 3.05) is 5.32 Å². The molecule has 0 saturated heterocycles. The summed E-state index contributed by atoms with van der Waals surface area (Å²) >= 11 is 0. The van der Waals surface area contributed by atoms with E-state index in [4.69, 9.17) is 4.74 Å². The van der Waals surface area contributed by atoms with Crippen LogP contribution < -0.4 is 10.1 Å². The Kier molecular flexibility index (Phi) is 5.16. The maximum Gasteiger partial charge on any atom is 0.248 e. The zero-order chi connectivity index (χ0) is 17.5. The van der Waals surface area contributed by atoms with E-state index in [1.165, 1.54) is 6.08 Å². The molecule has 0 aliphatic carbocycles. The quantitative estimate of drug-likeness (QED) is 0.711. The Morgan fingerprint density at radius 1 is 1.12 bits per heavy atom. The topological polar surface area (TPSA) is 64.1 Å². The molecule has 1 amide bonds. The van der Waals surface area contributed by atoms with Gasteiger partial charge < -0.3 is 10.1 Å². The van der Waals surface area contributed by atoms with Gasteiger partial charge in [0.2, 0.25) is 11.8 Å². The Hall–Kier alpha value is -3.47. The molecular weight excluding hydrogens is 314 g/mol. The standard InChI is InChI=1S/C20H17N3O2/c1-15-12-16(14-21-13-15)5-10-19(24)23-17-6-8-18(9-7-17)25-20-4-2-3-11-22-20/h2-14H,1H3,(H,23,24)/b10-5+. The Morgan fingerprint density at radius 2 is 1.96 bits per heavy atom. The third kappa shape index (κ3) is 5.00. The van der Waals surface area contributed by atoms with Crippen molar-refractivity contribution in [2.45, 2.75) is 6.92 Å². The maximum atomic E-state index is 12.0. The first-order chi connectivity index (χ1) is 12.2. The molecule has 0 radical (unpaired) electrons. The first kappa shape index (κ1) is 16.4. The molecule has 0 unspecified atom stereocenters. The molecule has 1 N–H and O–H groups in total. The van der Waals surface area contributed by atoms with Gasteiger partial charge in [-0.3, -0.25) is 9.78 Å². The van der Waals surface area contributed by atoms with Gasteiger partial charge in [-0.05, 0) is 60.5 Å². The van der Waals surface area contributed by atoms with Crippen LogP contribution in [-0.2, 0) is 4.79 Å². The fraction of sp³-hybridized carbons (Fsp3) is 0.0500. The average molecular weight is 331 g/mol. The third-order valence-electron chi connectivity index (χ3n) is 3.31. The number of nitrogens with one attached hydrogen (secondary N) is 1. The molecule has 2 aromatic heterocycles. The fourth-order valence-electron chi connectivity index (χ4n) is 2.16. The Balaban J connectivity index is 1.58. The number of hydrogen-bond donors (Lipinski definition) is 1. The number of carbonyl (C=O) groups is 1. The van der Waals surface area contributed by atoms with Crippen LogP contribution in [0, 0.1) is 6.92 Å². The van der Waals surface area contributed by atoms with E-state index in [1.807, 2.05) is 25.1 Å². The summed E-state index contributed by atoms with van der Waals surface area (Å²) < 4.78 is 5.61. The molecule has 124 valence electrons. The number of pyridine rings is 2. The molecule has 3 aromatic rings. The normalized spacial score (nSPS) is 10.6. The van der Waals surface area contributed by atoms with Crippen molar-refractivity contribution in [1.82, 2.24) is 9.97 Å². The lowest BCUT2D eigenvalue weighted by Gasteiger charge is -2.06. The number of anilines is 1. The van der Waals surface area contributed by atoms with Crippen molar-refractivity contribution >= 4 is 17.7 Å². The van der Waals surface area contributed by atoms with Crippen molar-refractivity contribution in [2.24, 2.45) is 0 Å². The second kappa shape index (κ2) is 7.88. The largest absolute Gasteiger partial charge is 0.439 e. The molecule has 2 heterocycles. The predicted molar refractivity (Wildman–Crippen MR) is 97.4 cm³/mol. The van der Waals surface area contributed by atoms with Gasteiger partial charge in [-0.2, -0.15) is 0 Å². The summed E-state index contributed by atoms with van der Waals surface area (Å²) in [5.41, 5.74) is 2.62. The molecule has 0 aliphatic heterocycles. The van der Waals surface area contributed by atoms with Crippen LogP contribution in [-0.4, -0.2) is 15.9 Å². The number of aryl methyl sites for hydroxylation is 1. The molecule has 0 saturated carbocycles. The van der Waals surface area contributed by atoms with E-state index in [9.17, 15) is 4.79 Å². The zero-order valence-electron chi connectivity index (χ0n) is 13.7. The summed E-state index contributed by atoms with van der Waals surface area (Å²) in [4.78, 5) is 20.2. The van der Waals surface area contributed by atoms with Crippen LogP contribution in [0.1, 0.15) is 11.1 Å². The van der Waals surface area contributed by atoms with Gasteiger partial charge in [0.25, 0.3) is 0 Å². The highest BCUT2D eigenvalue weighted by atomic mass is 16.5. The lowest BCUT2D eigenvalue weighted by molar-refractivity contribution is -0.111. The highest BCUT2D eigenvalue weighted by Gasteiger charge is 2.01. The lowest BCUT2D eigenvalue weighted by atomic mass is 10.2. The molecule has 0 aliphatic rings. The molecule has 0 atom stereocenters. The van der Waals surface area contributed by atoms with Gasteiger partial charge in [0.05, 0.1) is 0 Å². The van der Waals surface area contributed by atoms with Crippen molar-refractivity contribution < 1.29 is 9.53 Å². The van der Waals surface area contributed by atoms with E-state index < -0.39 is 0 Å². The number of carbonyl (C=O) groups excluding carboxylic acids is 1.